The summed E-state index contributed by atoms with van der Waals surface area (Å²) in [6.07, 6.45) is 1.27. The summed E-state index contributed by atoms with van der Waals surface area (Å²) >= 11 is 0. The molecule has 114 valence electrons. The zero-order valence-corrected chi connectivity index (χ0v) is 14.6. The van der Waals surface area contributed by atoms with E-state index in [1.807, 2.05) is 0 Å². The molecule has 1 nitrogen and oxygen atoms in total. The van der Waals surface area contributed by atoms with E-state index in [2.05, 4.69) is 40.8 Å². The molecule has 0 heterocycles. The Balaban J connectivity index is 4.77. The minimum Gasteiger partial charge on any atom is -0.410 e. The Bertz CT molecular complexity index is 302. The van der Waals surface area contributed by atoms with Crippen LogP contribution in [0.3, 0.4) is 0 Å². The molecule has 0 aromatic rings. The van der Waals surface area contributed by atoms with Gasteiger partial charge in [-0.05, 0) is 37.9 Å². The normalized spacial score (nSPS) is 14.4. The van der Waals surface area contributed by atoms with Gasteiger partial charge in [-0.25, -0.2) is 0 Å². The van der Waals surface area contributed by atoms with Crippen molar-refractivity contribution in [1.82, 2.24) is 0 Å². The fraction of sp³-hybridized carbons (Fsp3) is 0.867. The third-order valence-corrected chi connectivity index (χ3v) is 8.62. The van der Waals surface area contributed by atoms with Crippen molar-refractivity contribution in [2.75, 3.05) is 0 Å². The van der Waals surface area contributed by atoms with Crippen LogP contribution in [0.1, 0.15) is 60.3 Å². The Kier molecular flexibility index (Phi) is 7.44. The summed E-state index contributed by atoms with van der Waals surface area (Å²) in [5.41, 5.74) is 0.193. The van der Waals surface area contributed by atoms with Gasteiger partial charge in [0.1, 0.15) is 0 Å². The summed E-state index contributed by atoms with van der Waals surface area (Å²) in [7, 11) is -1.99. The Morgan fingerprint density at radius 2 is 1.68 bits per heavy atom. The predicted molar refractivity (Wildman–Crippen MR) is 81.1 cm³/mol. The van der Waals surface area contributed by atoms with Gasteiger partial charge in [-0.3, -0.25) is 0 Å². The van der Waals surface area contributed by atoms with Crippen LogP contribution in [-0.2, 0) is 4.43 Å². The zero-order chi connectivity index (χ0) is 15.3. The van der Waals surface area contributed by atoms with Gasteiger partial charge >= 0.3 is 0 Å². The van der Waals surface area contributed by atoms with Gasteiger partial charge in [0.25, 0.3) is 6.08 Å². The summed E-state index contributed by atoms with van der Waals surface area (Å²) in [5.74, 6) is 0. The molecule has 0 aromatic heterocycles. The Morgan fingerprint density at radius 3 is 2.05 bits per heavy atom. The van der Waals surface area contributed by atoms with Crippen molar-refractivity contribution in [1.29, 1.82) is 0 Å². The molecule has 1 unspecified atom stereocenters. The molecule has 0 saturated heterocycles. The molecule has 0 N–H and O–H groups in total. The fourth-order valence-corrected chi connectivity index (χ4v) is 3.09. The molecule has 0 rings (SSSR count). The standard InChI is InChI=1S/C15H30F2OSi/c1-8-9-10-11-13(14(16)17)12(2)18-19(6,7)15(3,4)5/h12H,8-11H2,1-7H3. The highest BCUT2D eigenvalue weighted by Crippen LogP contribution is 2.38. The van der Waals surface area contributed by atoms with Crippen molar-refractivity contribution in [3.63, 3.8) is 0 Å². The molecular formula is C15H30F2OSi. The maximum absolute atomic E-state index is 13.1. The molecular weight excluding hydrogens is 262 g/mol. The van der Waals surface area contributed by atoms with E-state index >= 15 is 0 Å². The van der Waals surface area contributed by atoms with E-state index in [0.717, 1.165) is 19.3 Å². The fourth-order valence-electron chi connectivity index (χ4n) is 1.71. The molecule has 0 spiro atoms. The minimum atomic E-state index is -1.99. The van der Waals surface area contributed by atoms with E-state index in [-0.39, 0.29) is 10.6 Å². The van der Waals surface area contributed by atoms with Crippen LogP contribution in [0.2, 0.25) is 18.1 Å². The van der Waals surface area contributed by atoms with E-state index in [4.69, 9.17) is 4.43 Å². The van der Waals surface area contributed by atoms with Crippen LogP contribution in [0.4, 0.5) is 8.78 Å². The van der Waals surface area contributed by atoms with Gasteiger partial charge in [0.15, 0.2) is 8.32 Å². The average Bonchev–Trinajstić information content (AvgIpc) is 2.21. The first-order valence-electron chi connectivity index (χ1n) is 7.24. The van der Waals surface area contributed by atoms with Gasteiger partial charge in [-0.2, -0.15) is 8.78 Å². The Hall–Kier alpha value is -0.223. The Labute approximate surface area is 118 Å². The maximum Gasteiger partial charge on any atom is 0.272 e. The van der Waals surface area contributed by atoms with Gasteiger partial charge < -0.3 is 4.43 Å². The monoisotopic (exact) mass is 292 g/mol. The van der Waals surface area contributed by atoms with Crippen LogP contribution in [0, 0.1) is 0 Å². The predicted octanol–water partition coefficient (Wildman–Crippen LogP) is 6.13. The van der Waals surface area contributed by atoms with Crippen molar-refractivity contribution in [3.05, 3.63) is 11.7 Å². The molecule has 0 aromatic carbocycles. The lowest BCUT2D eigenvalue weighted by Crippen LogP contribution is -2.43. The van der Waals surface area contributed by atoms with Crippen molar-refractivity contribution in [3.8, 4) is 0 Å². The van der Waals surface area contributed by atoms with Crippen LogP contribution < -0.4 is 0 Å². The minimum absolute atomic E-state index is 0.0442. The van der Waals surface area contributed by atoms with Crippen molar-refractivity contribution in [2.24, 2.45) is 0 Å². The molecule has 0 aliphatic heterocycles. The highest BCUT2D eigenvalue weighted by molar-refractivity contribution is 6.74. The van der Waals surface area contributed by atoms with Crippen molar-refractivity contribution in [2.45, 2.75) is 84.5 Å². The molecule has 0 aliphatic carbocycles. The summed E-state index contributed by atoms with van der Waals surface area (Å²) in [6, 6.07) is 0. The zero-order valence-electron chi connectivity index (χ0n) is 13.6. The quantitative estimate of drug-likeness (QED) is 0.405. The lowest BCUT2D eigenvalue weighted by molar-refractivity contribution is 0.216. The molecule has 4 heteroatoms. The Morgan fingerprint density at radius 1 is 1.16 bits per heavy atom. The second kappa shape index (κ2) is 7.53. The molecule has 0 aliphatic rings. The summed E-state index contributed by atoms with van der Waals surface area (Å²) in [6.45, 7) is 14.4. The van der Waals surface area contributed by atoms with Crippen LogP contribution >= 0.6 is 0 Å². The molecule has 0 radical (unpaired) electrons. The number of rotatable bonds is 7. The largest absolute Gasteiger partial charge is 0.410 e. The first-order chi connectivity index (χ1) is 8.53. The van der Waals surface area contributed by atoms with E-state index in [1.54, 1.807) is 6.92 Å². The highest BCUT2D eigenvalue weighted by atomic mass is 28.4. The molecule has 0 amide bonds. The first kappa shape index (κ1) is 18.8. The topological polar surface area (TPSA) is 9.23 Å². The van der Waals surface area contributed by atoms with Gasteiger partial charge in [0, 0.05) is 5.57 Å². The molecule has 19 heavy (non-hydrogen) atoms. The number of hydrogen-bond acceptors (Lipinski definition) is 1. The summed E-state index contributed by atoms with van der Waals surface area (Å²) in [5, 5.41) is 0.0442. The van der Waals surface area contributed by atoms with Crippen molar-refractivity contribution < 1.29 is 13.2 Å². The van der Waals surface area contributed by atoms with Crippen LogP contribution in [0.5, 0.6) is 0 Å². The van der Waals surface area contributed by atoms with Gasteiger partial charge in [-0.15, -0.1) is 0 Å². The smallest absolute Gasteiger partial charge is 0.272 e. The van der Waals surface area contributed by atoms with E-state index < -0.39 is 20.5 Å². The van der Waals surface area contributed by atoms with E-state index in [9.17, 15) is 8.78 Å². The van der Waals surface area contributed by atoms with Gasteiger partial charge in [-0.1, -0.05) is 40.5 Å². The molecule has 0 bridgehead atoms. The summed E-state index contributed by atoms with van der Waals surface area (Å²) in [4.78, 5) is 0. The maximum atomic E-state index is 13.1. The van der Waals surface area contributed by atoms with E-state index in [1.165, 1.54) is 0 Å². The highest BCUT2D eigenvalue weighted by Gasteiger charge is 2.39. The summed E-state index contributed by atoms with van der Waals surface area (Å²) < 4.78 is 32.2. The molecule has 0 fully saturated rings. The number of unbranched alkanes of at least 4 members (excludes halogenated alkanes) is 2. The van der Waals surface area contributed by atoms with Crippen LogP contribution in [-0.4, -0.2) is 14.4 Å². The van der Waals surface area contributed by atoms with Crippen LogP contribution in [0.25, 0.3) is 0 Å². The average molecular weight is 292 g/mol. The van der Waals surface area contributed by atoms with Gasteiger partial charge in [0.05, 0.1) is 6.10 Å². The molecule has 1 atom stereocenters. The second-order valence-electron chi connectivity index (χ2n) is 6.76. The molecule has 0 saturated carbocycles. The number of hydrogen-bond donors (Lipinski definition) is 0. The third-order valence-electron chi connectivity index (χ3n) is 4.06. The third kappa shape index (κ3) is 6.17. The van der Waals surface area contributed by atoms with E-state index in [0.29, 0.717) is 6.42 Å². The van der Waals surface area contributed by atoms with Gasteiger partial charge in [0.2, 0.25) is 0 Å². The SMILES string of the molecule is CCCCCC(=C(F)F)C(C)O[Si](C)(C)C(C)(C)C. The second-order valence-corrected chi connectivity index (χ2v) is 11.5. The van der Waals surface area contributed by atoms with Crippen molar-refractivity contribution >= 4 is 8.32 Å². The first-order valence-corrected chi connectivity index (χ1v) is 10.2. The lowest BCUT2D eigenvalue weighted by atomic mass is 10.0. The lowest BCUT2D eigenvalue weighted by Gasteiger charge is -2.38. The number of halogens is 2. The van der Waals surface area contributed by atoms with Crippen LogP contribution in [0.15, 0.2) is 11.7 Å².